The number of benzene rings is 1. The van der Waals surface area contributed by atoms with Crippen molar-refractivity contribution >= 4 is 6.08 Å². The molecule has 0 aliphatic heterocycles. The van der Waals surface area contributed by atoms with Gasteiger partial charge in [-0.25, -0.2) is 4.39 Å². The van der Waals surface area contributed by atoms with Gasteiger partial charge in [0, 0.05) is 5.56 Å². The van der Waals surface area contributed by atoms with Gasteiger partial charge in [0.25, 0.3) is 0 Å². The summed E-state index contributed by atoms with van der Waals surface area (Å²) in [5.41, 5.74) is 0.0764. The fraction of sp³-hybridized carbons (Fsp3) is 0.556. The van der Waals surface area contributed by atoms with E-state index in [4.69, 9.17) is 4.74 Å². The average Bonchev–Trinajstić information content (AvgIpc) is 3.27. The quantitative estimate of drug-likeness (QED) is 0.589. The van der Waals surface area contributed by atoms with Gasteiger partial charge in [-0.05, 0) is 43.2 Å². The predicted molar refractivity (Wildman–Crippen MR) is 82.3 cm³/mol. The van der Waals surface area contributed by atoms with Gasteiger partial charge in [-0.1, -0.05) is 31.4 Å². The van der Waals surface area contributed by atoms with E-state index in [1.54, 1.807) is 0 Å². The maximum absolute atomic E-state index is 14.4. The van der Waals surface area contributed by atoms with Crippen LogP contribution in [0.2, 0.25) is 0 Å². The highest BCUT2D eigenvalue weighted by Gasteiger charge is 2.35. The number of ether oxygens (including phenoxy) is 2. The number of halogens is 4. The molecule has 0 bridgehead atoms. The van der Waals surface area contributed by atoms with Crippen molar-refractivity contribution in [3.63, 3.8) is 0 Å². The number of hydrogen-bond donors (Lipinski definition) is 0. The Bertz CT molecular complexity index is 602. The van der Waals surface area contributed by atoms with E-state index in [1.165, 1.54) is 24.6 Å². The summed E-state index contributed by atoms with van der Waals surface area (Å²) in [5, 5.41) is 0. The summed E-state index contributed by atoms with van der Waals surface area (Å²) in [6.07, 6.45) is 4.61. The minimum Gasteiger partial charge on any atom is -0.490 e. The van der Waals surface area contributed by atoms with Crippen LogP contribution in [0.5, 0.6) is 11.5 Å². The number of hydrogen-bond acceptors (Lipinski definition) is 2. The molecule has 0 saturated heterocycles. The molecule has 2 saturated carbocycles. The van der Waals surface area contributed by atoms with Crippen molar-refractivity contribution in [1.29, 1.82) is 0 Å². The van der Waals surface area contributed by atoms with Crippen molar-refractivity contribution in [2.24, 2.45) is 11.8 Å². The normalized spacial score (nSPS) is 18.7. The van der Waals surface area contributed by atoms with Crippen LogP contribution in [0.4, 0.5) is 17.6 Å². The minimum atomic E-state index is -4.97. The Morgan fingerprint density at radius 3 is 2.46 bits per heavy atom. The first kappa shape index (κ1) is 17.1. The van der Waals surface area contributed by atoms with Crippen molar-refractivity contribution in [3.8, 4) is 11.5 Å². The van der Waals surface area contributed by atoms with Crippen LogP contribution in [-0.4, -0.2) is 13.0 Å². The first-order chi connectivity index (χ1) is 11.4. The third-order valence-corrected chi connectivity index (χ3v) is 4.49. The molecule has 6 heteroatoms. The van der Waals surface area contributed by atoms with E-state index < -0.39 is 17.9 Å². The molecular weight excluding hydrogens is 324 g/mol. The molecule has 1 aromatic carbocycles. The smallest absolute Gasteiger partial charge is 0.490 e. The maximum atomic E-state index is 14.4. The number of alkyl halides is 3. The van der Waals surface area contributed by atoms with Crippen LogP contribution in [0.25, 0.3) is 6.08 Å². The molecule has 0 aromatic heterocycles. The SMILES string of the molecule is Fc1c(/C=C/C2CC2)ccc(OCCC2CCC2)c1OC(F)(F)F. The summed E-state index contributed by atoms with van der Waals surface area (Å²) in [7, 11) is 0. The van der Waals surface area contributed by atoms with Gasteiger partial charge in [0.05, 0.1) is 6.61 Å². The van der Waals surface area contributed by atoms with E-state index >= 15 is 0 Å². The lowest BCUT2D eigenvalue weighted by atomic mass is 9.83. The molecule has 1 aromatic rings. The van der Waals surface area contributed by atoms with Crippen molar-refractivity contribution in [1.82, 2.24) is 0 Å². The van der Waals surface area contributed by atoms with Gasteiger partial charge in [0.1, 0.15) is 0 Å². The van der Waals surface area contributed by atoms with Crippen LogP contribution < -0.4 is 9.47 Å². The fourth-order valence-electron chi connectivity index (χ4n) is 2.65. The van der Waals surface area contributed by atoms with Gasteiger partial charge in [-0.3, -0.25) is 0 Å². The average molecular weight is 344 g/mol. The molecule has 0 radical (unpaired) electrons. The van der Waals surface area contributed by atoms with E-state index in [2.05, 4.69) is 4.74 Å². The summed E-state index contributed by atoms with van der Waals surface area (Å²) in [6, 6.07) is 2.77. The van der Waals surface area contributed by atoms with Crippen LogP contribution in [0.3, 0.4) is 0 Å². The molecule has 0 heterocycles. The van der Waals surface area contributed by atoms with E-state index in [0.717, 1.165) is 32.1 Å². The second kappa shape index (κ2) is 7.03. The Kier molecular flexibility index (Phi) is 5.01. The number of allylic oxidation sites excluding steroid dienone is 1. The molecule has 0 spiro atoms. The summed E-state index contributed by atoms with van der Waals surface area (Å²) in [4.78, 5) is 0. The van der Waals surface area contributed by atoms with Gasteiger partial charge in [0.2, 0.25) is 5.75 Å². The maximum Gasteiger partial charge on any atom is 0.573 e. The Morgan fingerprint density at radius 1 is 1.12 bits per heavy atom. The molecule has 2 nitrogen and oxygen atoms in total. The highest BCUT2D eigenvalue weighted by molar-refractivity contribution is 5.57. The first-order valence-electron chi connectivity index (χ1n) is 8.31. The van der Waals surface area contributed by atoms with E-state index in [-0.39, 0.29) is 17.9 Å². The largest absolute Gasteiger partial charge is 0.573 e. The topological polar surface area (TPSA) is 18.5 Å². The monoisotopic (exact) mass is 344 g/mol. The molecule has 0 N–H and O–H groups in total. The summed E-state index contributed by atoms with van der Waals surface area (Å²) in [5.74, 6) is -1.16. The highest BCUT2D eigenvalue weighted by Crippen LogP contribution is 2.38. The van der Waals surface area contributed by atoms with Crippen molar-refractivity contribution in [2.75, 3.05) is 6.61 Å². The molecule has 132 valence electrons. The molecule has 2 fully saturated rings. The molecular formula is C18H20F4O2. The third-order valence-electron chi connectivity index (χ3n) is 4.49. The lowest BCUT2D eigenvalue weighted by Crippen LogP contribution is -2.19. The molecule has 0 amide bonds. The van der Waals surface area contributed by atoms with E-state index in [0.29, 0.717) is 11.8 Å². The van der Waals surface area contributed by atoms with Gasteiger partial charge in [-0.15, -0.1) is 13.2 Å². The van der Waals surface area contributed by atoms with E-state index in [9.17, 15) is 17.6 Å². The Labute approximate surface area is 138 Å². The lowest BCUT2D eigenvalue weighted by Gasteiger charge is -2.25. The molecule has 0 unspecified atom stereocenters. The van der Waals surface area contributed by atoms with Crippen molar-refractivity contribution in [3.05, 3.63) is 29.6 Å². The van der Waals surface area contributed by atoms with Crippen LogP contribution >= 0.6 is 0 Å². The van der Waals surface area contributed by atoms with Crippen LogP contribution in [-0.2, 0) is 0 Å². The first-order valence-corrected chi connectivity index (χ1v) is 8.31. The molecule has 3 rings (SSSR count). The standard InChI is InChI=1S/C18H20F4O2/c19-16-14(7-6-13-4-5-13)8-9-15(17(16)24-18(20,21)22)23-11-10-12-2-1-3-12/h6-9,12-13H,1-5,10-11H2/b7-6+. The van der Waals surface area contributed by atoms with Crippen molar-refractivity contribution < 1.29 is 27.0 Å². The summed E-state index contributed by atoms with van der Waals surface area (Å²) < 4.78 is 61.5. The molecule has 2 aliphatic rings. The molecule has 2 aliphatic carbocycles. The van der Waals surface area contributed by atoms with Crippen molar-refractivity contribution in [2.45, 2.75) is 44.9 Å². The Hall–Kier alpha value is -1.72. The summed E-state index contributed by atoms with van der Waals surface area (Å²) >= 11 is 0. The van der Waals surface area contributed by atoms with Crippen LogP contribution in [0, 0.1) is 17.7 Å². The van der Waals surface area contributed by atoms with Gasteiger partial charge in [0.15, 0.2) is 11.6 Å². The zero-order valence-electron chi connectivity index (χ0n) is 13.2. The Morgan fingerprint density at radius 2 is 1.88 bits per heavy atom. The Balaban J connectivity index is 1.75. The van der Waals surface area contributed by atoms with Gasteiger partial charge < -0.3 is 9.47 Å². The zero-order valence-corrected chi connectivity index (χ0v) is 13.2. The number of rotatable bonds is 7. The molecule has 0 atom stereocenters. The fourth-order valence-corrected chi connectivity index (χ4v) is 2.65. The minimum absolute atomic E-state index is 0.0764. The van der Waals surface area contributed by atoms with Gasteiger partial charge in [-0.2, -0.15) is 0 Å². The highest BCUT2D eigenvalue weighted by atomic mass is 19.4. The summed E-state index contributed by atoms with van der Waals surface area (Å²) in [6.45, 7) is 0.260. The second-order valence-electron chi connectivity index (χ2n) is 6.47. The third kappa shape index (κ3) is 4.65. The van der Waals surface area contributed by atoms with E-state index in [1.807, 2.05) is 6.08 Å². The second-order valence-corrected chi connectivity index (χ2v) is 6.47. The van der Waals surface area contributed by atoms with Gasteiger partial charge >= 0.3 is 6.36 Å². The van der Waals surface area contributed by atoms with Crippen LogP contribution in [0.1, 0.15) is 44.1 Å². The zero-order chi connectivity index (χ0) is 17.2. The van der Waals surface area contributed by atoms with Crippen LogP contribution in [0.15, 0.2) is 18.2 Å². The molecule has 24 heavy (non-hydrogen) atoms. The predicted octanol–water partition coefficient (Wildman–Crippen LogP) is 5.72. The lowest BCUT2D eigenvalue weighted by molar-refractivity contribution is -0.276.